The van der Waals surface area contributed by atoms with E-state index in [0.29, 0.717) is 27.1 Å². The summed E-state index contributed by atoms with van der Waals surface area (Å²) in [6.45, 7) is 2.03. The van der Waals surface area contributed by atoms with Gasteiger partial charge in [0.05, 0.1) is 30.8 Å². The lowest BCUT2D eigenvalue weighted by atomic mass is 10.1. The number of methoxy groups -OCH3 is 1. The predicted octanol–water partition coefficient (Wildman–Crippen LogP) is 6.24. The Hall–Kier alpha value is -4.34. The first kappa shape index (κ1) is 27.2. The lowest BCUT2D eigenvalue weighted by Gasteiger charge is -2.17. The van der Waals surface area contributed by atoms with E-state index in [0.717, 1.165) is 28.8 Å². The number of amides is 1. The lowest BCUT2D eigenvalue weighted by Crippen LogP contribution is -2.30. The van der Waals surface area contributed by atoms with Crippen molar-refractivity contribution in [2.24, 2.45) is 4.99 Å². The fourth-order valence-electron chi connectivity index (χ4n) is 4.09. The number of carbonyl (C=O) groups excluding carboxylic acids is 2. The van der Waals surface area contributed by atoms with Crippen LogP contribution in [0.4, 0.5) is 5.69 Å². The number of nitrogens with zero attached hydrogens (tertiary/aromatic N) is 4. The Bertz CT molecular complexity index is 1600. The van der Waals surface area contributed by atoms with Gasteiger partial charge in [0.1, 0.15) is 17.1 Å². The third-order valence-corrected chi connectivity index (χ3v) is 7.09. The summed E-state index contributed by atoms with van der Waals surface area (Å²) in [6.07, 6.45) is 3.54. The van der Waals surface area contributed by atoms with Crippen LogP contribution in [-0.4, -0.2) is 46.3 Å². The van der Waals surface area contributed by atoms with Gasteiger partial charge in [0, 0.05) is 22.3 Å². The summed E-state index contributed by atoms with van der Waals surface area (Å²) in [7, 11) is 1.61. The average Bonchev–Trinajstić information content (AvgIpc) is 3.53. The number of amidine groups is 1. The highest BCUT2D eigenvalue weighted by Crippen LogP contribution is 2.32. The van der Waals surface area contributed by atoms with Gasteiger partial charge in [-0.15, -0.1) is 0 Å². The Morgan fingerprint density at radius 1 is 1.02 bits per heavy atom. The van der Waals surface area contributed by atoms with Gasteiger partial charge in [0.2, 0.25) is 0 Å². The van der Waals surface area contributed by atoms with Gasteiger partial charge in [0.25, 0.3) is 5.91 Å². The van der Waals surface area contributed by atoms with Crippen molar-refractivity contribution in [3.63, 3.8) is 0 Å². The number of aliphatic imine (C=N–C) groups is 1. The maximum absolute atomic E-state index is 13.7. The van der Waals surface area contributed by atoms with Crippen LogP contribution >= 0.6 is 23.4 Å². The summed E-state index contributed by atoms with van der Waals surface area (Å²) in [4.78, 5) is 31.9. The molecule has 40 heavy (non-hydrogen) atoms. The lowest BCUT2D eigenvalue weighted by molar-refractivity contribution is -0.139. The van der Waals surface area contributed by atoms with Gasteiger partial charge >= 0.3 is 5.97 Å². The van der Waals surface area contributed by atoms with Crippen LogP contribution in [0.1, 0.15) is 12.5 Å². The number of carbonyl (C=O) groups is 2. The molecule has 0 fully saturated rings. The first-order chi connectivity index (χ1) is 19.5. The van der Waals surface area contributed by atoms with Crippen LogP contribution in [0.15, 0.2) is 95.7 Å². The Kier molecular flexibility index (Phi) is 8.33. The molecule has 202 valence electrons. The molecule has 0 atom stereocenters. The zero-order valence-corrected chi connectivity index (χ0v) is 23.4. The second-order valence-corrected chi connectivity index (χ2v) is 9.96. The number of anilines is 1. The number of thioether (sulfide) groups is 1. The standard InChI is InChI=1S/C30H25ClN4O4S/c1-3-39-27(36)19-40-30-32-26(29(37)35(30)23-9-5-4-6-10-23)16-21-18-34(24-11-7-8-22(31)17-24)33-28(21)20-12-14-25(38-2)15-13-20/h4-18H,3,19H2,1-2H3/b26-16-. The molecule has 0 bridgehead atoms. The predicted molar refractivity (Wildman–Crippen MR) is 159 cm³/mol. The highest BCUT2D eigenvalue weighted by atomic mass is 35.5. The molecule has 1 aliphatic heterocycles. The summed E-state index contributed by atoms with van der Waals surface area (Å²) < 4.78 is 12.1. The third-order valence-electron chi connectivity index (χ3n) is 5.94. The molecular weight excluding hydrogens is 548 g/mol. The minimum atomic E-state index is -0.377. The molecule has 5 rings (SSSR count). The first-order valence-corrected chi connectivity index (χ1v) is 13.8. The molecule has 3 aromatic carbocycles. The molecule has 8 nitrogen and oxygen atoms in total. The van der Waals surface area contributed by atoms with E-state index in [1.54, 1.807) is 30.9 Å². The van der Waals surface area contributed by atoms with Crippen LogP contribution < -0.4 is 9.64 Å². The molecule has 0 aliphatic carbocycles. The van der Waals surface area contributed by atoms with Crippen LogP contribution in [-0.2, 0) is 14.3 Å². The molecule has 0 unspecified atom stereocenters. The summed E-state index contributed by atoms with van der Waals surface area (Å²) in [5.74, 6) is 0.0575. The van der Waals surface area contributed by atoms with Crippen LogP contribution in [0.5, 0.6) is 5.75 Å². The maximum atomic E-state index is 13.7. The quantitative estimate of drug-likeness (QED) is 0.183. The summed E-state index contributed by atoms with van der Waals surface area (Å²) >= 11 is 7.39. The van der Waals surface area contributed by atoms with Crippen molar-refractivity contribution in [2.45, 2.75) is 6.92 Å². The molecule has 1 amide bonds. The Morgan fingerprint density at radius 2 is 1.77 bits per heavy atom. The number of aromatic nitrogens is 2. The molecular formula is C30H25ClN4O4S. The molecule has 4 aromatic rings. The fourth-order valence-corrected chi connectivity index (χ4v) is 5.08. The van der Waals surface area contributed by atoms with Gasteiger partial charge in [0.15, 0.2) is 5.17 Å². The third kappa shape index (κ3) is 5.95. The van der Waals surface area contributed by atoms with Crippen molar-refractivity contribution in [2.75, 3.05) is 24.4 Å². The van der Waals surface area contributed by atoms with E-state index in [4.69, 9.17) is 26.2 Å². The van der Waals surface area contributed by atoms with Crippen molar-refractivity contribution >= 4 is 52.2 Å². The monoisotopic (exact) mass is 572 g/mol. The van der Waals surface area contributed by atoms with Crippen molar-refractivity contribution in [1.29, 1.82) is 0 Å². The van der Waals surface area contributed by atoms with Crippen molar-refractivity contribution in [3.05, 3.63) is 101 Å². The highest BCUT2D eigenvalue weighted by molar-refractivity contribution is 8.14. The van der Waals surface area contributed by atoms with Gasteiger partial charge in [-0.3, -0.25) is 14.5 Å². The zero-order valence-electron chi connectivity index (χ0n) is 21.8. The van der Waals surface area contributed by atoms with E-state index in [1.165, 1.54) is 4.90 Å². The minimum absolute atomic E-state index is 0.0281. The minimum Gasteiger partial charge on any atom is -0.497 e. The van der Waals surface area contributed by atoms with E-state index in [9.17, 15) is 9.59 Å². The van der Waals surface area contributed by atoms with Gasteiger partial charge in [-0.05, 0) is 67.6 Å². The molecule has 0 saturated carbocycles. The van der Waals surface area contributed by atoms with Crippen LogP contribution in [0.2, 0.25) is 5.02 Å². The molecule has 1 aliphatic rings. The average molecular weight is 573 g/mol. The fraction of sp³-hybridized carbons (Fsp3) is 0.133. The molecule has 0 saturated heterocycles. The number of hydrogen-bond donors (Lipinski definition) is 0. The smallest absolute Gasteiger partial charge is 0.316 e. The second kappa shape index (κ2) is 12.2. The molecule has 1 aromatic heterocycles. The van der Waals surface area contributed by atoms with E-state index in [-0.39, 0.29) is 29.9 Å². The number of esters is 1. The van der Waals surface area contributed by atoms with Crippen molar-refractivity contribution in [3.8, 4) is 22.7 Å². The maximum Gasteiger partial charge on any atom is 0.316 e. The first-order valence-electron chi connectivity index (χ1n) is 12.4. The largest absolute Gasteiger partial charge is 0.497 e. The van der Waals surface area contributed by atoms with Gasteiger partial charge in [-0.25, -0.2) is 9.67 Å². The van der Waals surface area contributed by atoms with Crippen LogP contribution in [0, 0.1) is 0 Å². The number of hydrogen-bond acceptors (Lipinski definition) is 7. The second-order valence-electron chi connectivity index (χ2n) is 8.58. The summed E-state index contributed by atoms with van der Waals surface area (Å²) in [5, 5.41) is 5.80. The van der Waals surface area contributed by atoms with Crippen molar-refractivity contribution < 1.29 is 19.1 Å². The number of ether oxygens (including phenoxy) is 2. The summed E-state index contributed by atoms with van der Waals surface area (Å²) in [5.41, 5.74) is 3.80. The number of halogens is 1. The highest BCUT2D eigenvalue weighted by Gasteiger charge is 2.33. The van der Waals surface area contributed by atoms with E-state index in [2.05, 4.69) is 4.99 Å². The Balaban J connectivity index is 1.58. The van der Waals surface area contributed by atoms with E-state index >= 15 is 0 Å². The van der Waals surface area contributed by atoms with Gasteiger partial charge in [-0.2, -0.15) is 5.10 Å². The van der Waals surface area contributed by atoms with E-state index in [1.807, 2.05) is 79.0 Å². The molecule has 0 radical (unpaired) electrons. The summed E-state index contributed by atoms with van der Waals surface area (Å²) in [6, 6.07) is 24.1. The number of benzene rings is 3. The van der Waals surface area contributed by atoms with Crippen LogP contribution in [0.25, 0.3) is 23.0 Å². The van der Waals surface area contributed by atoms with Crippen LogP contribution in [0.3, 0.4) is 0 Å². The number of rotatable bonds is 8. The topological polar surface area (TPSA) is 86.0 Å². The number of para-hydroxylation sites is 1. The Morgan fingerprint density at radius 3 is 2.48 bits per heavy atom. The van der Waals surface area contributed by atoms with Gasteiger partial charge < -0.3 is 9.47 Å². The van der Waals surface area contributed by atoms with E-state index < -0.39 is 0 Å². The molecule has 0 spiro atoms. The van der Waals surface area contributed by atoms with Crippen molar-refractivity contribution in [1.82, 2.24) is 9.78 Å². The SMILES string of the molecule is CCOC(=O)CSC1=N/C(=C\c2cn(-c3cccc(Cl)c3)nc2-c2ccc(OC)cc2)C(=O)N1c1ccccc1. The van der Waals surface area contributed by atoms with Gasteiger partial charge in [-0.1, -0.05) is 47.6 Å². The molecule has 0 N–H and O–H groups in total. The normalized spacial score (nSPS) is 14.0. The Labute approximate surface area is 240 Å². The molecule has 2 heterocycles. The molecule has 10 heteroatoms. The zero-order chi connectivity index (χ0) is 28.1.